The molecule has 1 heterocycles. The molecule has 2 N–H and O–H groups in total. The van der Waals surface area contributed by atoms with Gasteiger partial charge in [-0.2, -0.15) is 0 Å². The van der Waals surface area contributed by atoms with Crippen LogP contribution in [-0.4, -0.2) is 43.5 Å². The summed E-state index contributed by atoms with van der Waals surface area (Å²) in [6.07, 6.45) is 5.13. The molecule has 0 aromatic heterocycles. The monoisotopic (exact) mass is 548 g/mol. The van der Waals surface area contributed by atoms with Crippen molar-refractivity contribution >= 4 is 35.8 Å². The Bertz CT molecular complexity index is 910. The molecule has 1 aliphatic heterocycles. The Labute approximate surface area is 208 Å². The van der Waals surface area contributed by atoms with E-state index >= 15 is 0 Å². The summed E-state index contributed by atoms with van der Waals surface area (Å²) in [7, 11) is 1.74. The molecule has 2 aromatic carbocycles. The summed E-state index contributed by atoms with van der Waals surface area (Å²) in [4.78, 5) is 19.0. The Morgan fingerprint density at radius 2 is 1.84 bits per heavy atom. The van der Waals surface area contributed by atoms with Gasteiger partial charge in [-0.1, -0.05) is 43.0 Å². The molecule has 1 saturated heterocycles. The van der Waals surface area contributed by atoms with Crippen molar-refractivity contribution in [3.05, 3.63) is 77.9 Å². The van der Waals surface area contributed by atoms with Gasteiger partial charge in [0, 0.05) is 44.4 Å². The first-order valence-electron chi connectivity index (χ1n) is 10.9. The van der Waals surface area contributed by atoms with Gasteiger partial charge in [0.15, 0.2) is 5.96 Å². The number of carbonyl (C=O) groups is 1. The zero-order valence-electron chi connectivity index (χ0n) is 18.7. The summed E-state index contributed by atoms with van der Waals surface area (Å²) < 4.78 is 5.71. The number of carbonyl (C=O) groups excluding carboxylic acids is 1. The second-order valence-corrected chi connectivity index (χ2v) is 7.54. The molecule has 6 nitrogen and oxygen atoms in total. The van der Waals surface area contributed by atoms with Crippen LogP contribution < -0.4 is 15.4 Å². The van der Waals surface area contributed by atoms with Crippen molar-refractivity contribution in [2.45, 2.75) is 32.4 Å². The van der Waals surface area contributed by atoms with Crippen LogP contribution in [0.4, 0.5) is 0 Å². The van der Waals surface area contributed by atoms with Crippen molar-refractivity contribution in [1.82, 2.24) is 15.5 Å². The van der Waals surface area contributed by atoms with Gasteiger partial charge >= 0.3 is 0 Å². The molecule has 7 heteroatoms. The van der Waals surface area contributed by atoms with Crippen molar-refractivity contribution in [1.29, 1.82) is 0 Å². The maximum Gasteiger partial charge on any atom is 0.253 e. The second-order valence-electron chi connectivity index (χ2n) is 7.54. The Morgan fingerprint density at radius 1 is 1.09 bits per heavy atom. The number of para-hydroxylation sites is 1. The summed E-state index contributed by atoms with van der Waals surface area (Å²) in [5.41, 5.74) is 2.83. The number of amides is 1. The Kier molecular flexibility index (Phi) is 11.1. The van der Waals surface area contributed by atoms with Crippen molar-refractivity contribution < 1.29 is 9.53 Å². The summed E-state index contributed by atoms with van der Waals surface area (Å²) in [6.45, 7) is 7.04. The molecule has 32 heavy (non-hydrogen) atoms. The minimum Gasteiger partial charge on any atom is -0.489 e. The lowest BCUT2D eigenvalue weighted by atomic mass is 10.1. The zero-order valence-corrected chi connectivity index (χ0v) is 21.0. The van der Waals surface area contributed by atoms with Gasteiger partial charge in [-0.15, -0.1) is 24.0 Å². The molecular weight excluding hydrogens is 515 g/mol. The number of likely N-dealkylation sites (tertiary alicyclic amines) is 1. The van der Waals surface area contributed by atoms with E-state index in [1.807, 2.05) is 53.4 Å². The molecule has 1 fully saturated rings. The van der Waals surface area contributed by atoms with Gasteiger partial charge in [-0.05, 0) is 43.0 Å². The standard InChI is InChI=1S/C25H32N4O2.HI/c1-3-16-31-23-13-6-5-11-22(23)19-28-25(26-2)27-18-20-10-9-12-21(17-20)24(30)29-14-7-4-8-15-29;/h3,5-6,9-13,17H,1,4,7-8,14-16,18-19H2,2H3,(H2,26,27,28);1H. The number of ether oxygens (including phenoxy) is 1. The van der Waals surface area contributed by atoms with E-state index in [0.717, 1.165) is 48.4 Å². The van der Waals surface area contributed by atoms with Crippen LogP contribution in [0.25, 0.3) is 0 Å². The normalized spacial score (nSPS) is 13.7. The van der Waals surface area contributed by atoms with Crippen molar-refractivity contribution in [2.75, 3.05) is 26.7 Å². The largest absolute Gasteiger partial charge is 0.489 e. The lowest BCUT2D eigenvalue weighted by Crippen LogP contribution is -2.37. The molecule has 172 valence electrons. The maximum absolute atomic E-state index is 12.8. The SMILES string of the molecule is C=CCOc1ccccc1CNC(=NC)NCc1cccc(C(=O)N2CCCCC2)c1.I. The van der Waals surface area contributed by atoms with Crippen LogP contribution in [0, 0.1) is 0 Å². The van der Waals surface area contributed by atoms with Gasteiger partial charge < -0.3 is 20.3 Å². The van der Waals surface area contributed by atoms with Crippen LogP contribution in [0.1, 0.15) is 40.7 Å². The average molecular weight is 548 g/mol. The number of benzene rings is 2. The van der Waals surface area contributed by atoms with E-state index < -0.39 is 0 Å². The van der Waals surface area contributed by atoms with Crippen LogP contribution >= 0.6 is 24.0 Å². The molecule has 1 aliphatic rings. The van der Waals surface area contributed by atoms with E-state index in [-0.39, 0.29) is 29.9 Å². The lowest BCUT2D eigenvalue weighted by molar-refractivity contribution is 0.0724. The molecule has 0 saturated carbocycles. The van der Waals surface area contributed by atoms with Crippen LogP contribution in [-0.2, 0) is 13.1 Å². The zero-order chi connectivity index (χ0) is 21.9. The first-order valence-corrected chi connectivity index (χ1v) is 10.9. The van der Waals surface area contributed by atoms with Crippen LogP contribution in [0.2, 0.25) is 0 Å². The van der Waals surface area contributed by atoms with E-state index in [9.17, 15) is 4.79 Å². The van der Waals surface area contributed by atoms with Crippen molar-refractivity contribution in [3.63, 3.8) is 0 Å². The average Bonchev–Trinajstić information content (AvgIpc) is 2.83. The summed E-state index contributed by atoms with van der Waals surface area (Å²) >= 11 is 0. The number of rotatable bonds is 8. The predicted molar refractivity (Wildman–Crippen MR) is 141 cm³/mol. The third-order valence-corrected chi connectivity index (χ3v) is 5.28. The fourth-order valence-corrected chi connectivity index (χ4v) is 3.62. The van der Waals surface area contributed by atoms with Crippen molar-refractivity contribution in [3.8, 4) is 5.75 Å². The number of guanidine groups is 1. The molecular formula is C25H33IN4O2. The highest BCUT2D eigenvalue weighted by Gasteiger charge is 2.18. The smallest absolute Gasteiger partial charge is 0.253 e. The maximum atomic E-state index is 12.8. The van der Waals surface area contributed by atoms with Gasteiger partial charge in [0.05, 0.1) is 0 Å². The lowest BCUT2D eigenvalue weighted by Gasteiger charge is -2.26. The van der Waals surface area contributed by atoms with Crippen molar-refractivity contribution in [2.24, 2.45) is 4.99 Å². The third kappa shape index (κ3) is 7.55. The first-order chi connectivity index (χ1) is 15.2. The molecule has 3 rings (SSSR count). The van der Waals surface area contributed by atoms with E-state index in [1.165, 1.54) is 6.42 Å². The molecule has 0 atom stereocenters. The highest BCUT2D eigenvalue weighted by molar-refractivity contribution is 14.0. The Balaban J connectivity index is 0.00000363. The van der Waals surface area contributed by atoms with Crippen LogP contribution in [0.3, 0.4) is 0 Å². The van der Waals surface area contributed by atoms with Gasteiger partial charge in [0.2, 0.25) is 0 Å². The molecule has 0 unspecified atom stereocenters. The minimum absolute atomic E-state index is 0. The quantitative estimate of drug-likeness (QED) is 0.223. The number of nitrogens with zero attached hydrogens (tertiary/aromatic N) is 2. The van der Waals surface area contributed by atoms with Crippen LogP contribution in [0.5, 0.6) is 5.75 Å². The van der Waals surface area contributed by atoms with E-state index in [1.54, 1.807) is 13.1 Å². The minimum atomic E-state index is 0. The fraction of sp³-hybridized carbons (Fsp3) is 0.360. The first kappa shape index (κ1) is 25.7. The Morgan fingerprint density at radius 3 is 2.59 bits per heavy atom. The summed E-state index contributed by atoms with van der Waals surface area (Å²) in [6, 6.07) is 15.7. The highest BCUT2D eigenvalue weighted by atomic mass is 127. The number of aliphatic imine (C=N–C) groups is 1. The fourth-order valence-electron chi connectivity index (χ4n) is 3.62. The van der Waals surface area contributed by atoms with Gasteiger partial charge in [0.25, 0.3) is 5.91 Å². The number of halogens is 1. The topological polar surface area (TPSA) is 66.0 Å². The molecule has 2 aromatic rings. The second kappa shape index (κ2) is 13.8. The van der Waals surface area contributed by atoms with E-state index in [2.05, 4.69) is 22.2 Å². The summed E-state index contributed by atoms with van der Waals surface area (Å²) in [5, 5.41) is 6.64. The number of hydrogen-bond acceptors (Lipinski definition) is 3. The number of hydrogen-bond donors (Lipinski definition) is 2. The van der Waals surface area contributed by atoms with E-state index in [4.69, 9.17) is 4.74 Å². The third-order valence-electron chi connectivity index (χ3n) is 5.28. The van der Waals surface area contributed by atoms with Gasteiger partial charge in [-0.25, -0.2) is 0 Å². The molecule has 1 amide bonds. The molecule has 0 radical (unpaired) electrons. The number of piperidine rings is 1. The molecule has 0 aliphatic carbocycles. The predicted octanol–water partition coefficient (Wildman–Crippen LogP) is 4.36. The van der Waals surface area contributed by atoms with Crippen LogP contribution in [0.15, 0.2) is 66.2 Å². The van der Waals surface area contributed by atoms with Gasteiger partial charge in [-0.3, -0.25) is 9.79 Å². The molecule has 0 spiro atoms. The number of nitrogens with one attached hydrogen (secondary N) is 2. The Hall–Kier alpha value is -2.55. The van der Waals surface area contributed by atoms with E-state index in [0.29, 0.717) is 25.7 Å². The van der Waals surface area contributed by atoms with Gasteiger partial charge in [0.1, 0.15) is 12.4 Å². The summed E-state index contributed by atoms with van der Waals surface area (Å²) in [5.74, 6) is 1.64. The highest BCUT2D eigenvalue weighted by Crippen LogP contribution is 2.18. The molecule has 0 bridgehead atoms.